The molecule has 0 amide bonds. The molecule has 4 nitrogen and oxygen atoms in total. The van der Waals surface area contributed by atoms with Crippen molar-refractivity contribution in [3.63, 3.8) is 0 Å². The second-order valence-electron chi connectivity index (χ2n) is 6.46. The Hall–Kier alpha value is -1.95. The number of alkyl halides is 2. The highest BCUT2D eigenvalue weighted by Gasteiger charge is 2.43. The van der Waals surface area contributed by atoms with Gasteiger partial charge in [0.25, 0.3) is 5.92 Å². The number of ether oxygens (including phenoxy) is 1. The maximum atomic E-state index is 14.8. The lowest BCUT2D eigenvalue weighted by atomic mass is 9.91. The van der Waals surface area contributed by atoms with Gasteiger partial charge >= 0.3 is 0 Å². The molecule has 2 aromatic rings. The maximum Gasteiger partial charge on any atom is 0.267 e. The number of likely N-dealkylation sites (tertiary alicyclic amines) is 1. The molecule has 1 aromatic carbocycles. The van der Waals surface area contributed by atoms with Crippen molar-refractivity contribution in [3.05, 3.63) is 47.8 Å². The van der Waals surface area contributed by atoms with Crippen LogP contribution in [0.2, 0.25) is 0 Å². The monoisotopic (exact) mass is 335 g/mol. The number of benzene rings is 1. The number of aromatic nitrogens is 2. The smallest absolute Gasteiger partial charge is 0.267 e. The summed E-state index contributed by atoms with van der Waals surface area (Å²) in [5.41, 5.74) is 1.65. The Morgan fingerprint density at radius 3 is 2.67 bits per heavy atom. The molecule has 0 radical (unpaired) electrons. The standard InChI is InChI=1S/C18H23F2N3O/c1-22-12-15(10-21-22)17-4-3-9-23(13-18(17,19)20)11-14-5-7-16(24-2)8-6-14/h5-8,10,12,17H,3-4,9,11,13H2,1-2H3. The van der Waals surface area contributed by atoms with E-state index in [4.69, 9.17) is 4.74 Å². The van der Waals surface area contributed by atoms with Crippen LogP contribution in [0.3, 0.4) is 0 Å². The molecule has 0 bridgehead atoms. The lowest BCUT2D eigenvalue weighted by Crippen LogP contribution is -2.38. The molecule has 0 spiro atoms. The van der Waals surface area contributed by atoms with Crippen LogP contribution >= 0.6 is 0 Å². The topological polar surface area (TPSA) is 30.3 Å². The molecule has 3 rings (SSSR count). The average Bonchev–Trinajstić information content (AvgIpc) is 2.90. The summed E-state index contributed by atoms with van der Waals surface area (Å²) in [5, 5.41) is 4.05. The van der Waals surface area contributed by atoms with Crippen LogP contribution in [0.1, 0.15) is 29.9 Å². The molecule has 1 aliphatic rings. The molecule has 1 atom stereocenters. The summed E-state index contributed by atoms with van der Waals surface area (Å²) in [6.07, 6.45) is 4.51. The van der Waals surface area contributed by atoms with Crippen LogP contribution in [0.5, 0.6) is 5.75 Å². The minimum absolute atomic E-state index is 0.224. The first kappa shape index (κ1) is 16.9. The molecule has 0 saturated carbocycles. The van der Waals surface area contributed by atoms with Crippen LogP contribution in [0, 0.1) is 0 Å². The third-order valence-electron chi connectivity index (χ3n) is 4.60. The first-order valence-electron chi connectivity index (χ1n) is 8.19. The van der Waals surface area contributed by atoms with Gasteiger partial charge in [-0.2, -0.15) is 5.10 Å². The van der Waals surface area contributed by atoms with Crippen molar-refractivity contribution >= 4 is 0 Å². The van der Waals surface area contributed by atoms with E-state index in [1.165, 1.54) is 0 Å². The minimum atomic E-state index is -2.76. The van der Waals surface area contributed by atoms with E-state index in [9.17, 15) is 8.78 Å². The van der Waals surface area contributed by atoms with Crippen LogP contribution in [-0.4, -0.2) is 40.8 Å². The van der Waals surface area contributed by atoms with Gasteiger partial charge in [0, 0.05) is 19.8 Å². The Balaban J connectivity index is 1.71. The number of halogens is 2. The van der Waals surface area contributed by atoms with Crippen molar-refractivity contribution in [3.8, 4) is 5.75 Å². The van der Waals surface area contributed by atoms with Crippen molar-refractivity contribution < 1.29 is 13.5 Å². The molecule has 24 heavy (non-hydrogen) atoms. The lowest BCUT2D eigenvalue weighted by molar-refractivity contribution is -0.0483. The Morgan fingerprint density at radius 2 is 2.04 bits per heavy atom. The Kier molecular flexibility index (Phi) is 4.85. The fraction of sp³-hybridized carbons (Fsp3) is 0.500. The fourth-order valence-electron chi connectivity index (χ4n) is 3.37. The molecule has 130 valence electrons. The second-order valence-corrected chi connectivity index (χ2v) is 6.46. The minimum Gasteiger partial charge on any atom is -0.497 e. The van der Waals surface area contributed by atoms with E-state index in [-0.39, 0.29) is 6.54 Å². The van der Waals surface area contributed by atoms with Crippen LogP contribution in [-0.2, 0) is 13.6 Å². The molecule has 1 unspecified atom stereocenters. The summed E-state index contributed by atoms with van der Waals surface area (Å²) in [6.45, 7) is 0.982. The van der Waals surface area contributed by atoms with Gasteiger partial charge in [0.05, 0.1) is 25.8 Å². The zero-order chi connectivity index (χ0) is 17.2. The molecule has 1 fully saturated rings. The second kappa shape index (κ2) is 6.89. The largest absolute Gasteiger partial charge is 0.497 e. The van der Waals surface area contributed by atoms with Crippen LogP contribution in [0.15, 0.2) is 36.7 Å². The number of nitrogens with zero attached hydrogens (tertiary/aromatic N) is 3. The van der Waals surface area contributed by atoms with E-state index in [0.29, 0.717) is 25.1 Å². The SMILES string of the molecule is COc1ccc(CN2CCCC(c3cnn(C)c3)C(F)(F)C2)cc1. The lowest BCUT2D eigenvalue weighted by Gasteiger charge is -2.28. The Morgan fingerprint density at radius 1 is 1.29 bits per heavy atom. The highest BCUT2D eigenvalue weighted by atomic mass is 19.3. The molecule has 1 saturated heterocycles. The van der Waals surface area contributed by atoms with E-state index < -0.39 is 11.8 Å². The van der Waals surface area contributed by atoms with Gasteiger partial charge in [-0.1, -0.05) is 12.1 Å². The van der Waals surface area contributed by atoms with Crippen LogP contribution < -0.4 is 4.74 Å². The predicted molar refractivity (Wildman–Crippen MR) is 88.4 cm³/mol. The molecule has 0 N–H and O–H groups in total. The normalized spacial score (nSPS) is 21.4. The van der Waals surface area contributed by atoms with Crippen molar-refractivity contribution in [2.24, 2.45) is 7.05 Å². The summed E-state index contributed by atoms with van der Waals surface area (Å²) >= 11 is 0. The summed E-state index contributed by atoms with van der Waals surface area (Å²) in [5.74, 6) is -2.74. The molecular formula is C18H23F2N3O. The summed E-state index contributed by atoms with van der Waals surface area (Å²) < 4.78 is 36.3. The number of hydrogen-bond acceptors (Lipinski definition) is 3. The molecule has 1 aliphatic heterocycles. The summed E-state index contributed by atoms with van der Waals surface area (Å²) in [7, 11) is 3.37. The van der Waals surface area contributed by atoms with Crippen molar-refractivity contribution in [1.29, 1.82) is 0 Å². The molecular weight excluding hydrogens is 312 g/mol. The predicted octanol–water partition coefficient (Wildman–Crippen LogP) is 3.44. The zero-order valence-corrected chi connectivity index (χ0v) is 14.1. The number of rotatable bonds is 4. The first-order chi connectivity index (χ1) is 11.5. The van der Waals surface area contributed by atoms with E-state index in [1.54, 1.807) is 31.2 Å². The van der Waals surface area contributed by atoms with Crippen LogP contribution in [0.25, 0.3) is 0 Å². The molecule has 6 heteroatoms. The molecule has 0 aliphatic carbocycles. The highest BCUT2D eigenvalue weighted by molar-refractivity contribution is 5.27. The third-order valence-corrected chi connectivity index (χ3v) is 4.60. The highest BCUT2D eigenvalue weighted by Crippen LogP contribution is 2.40. The van der Waals surface area contributed by atoms with Gasteiger partial charge in [-0.05, 0) is 42.6 Å². The first-order valence-corrected chi connectivity index (χ1v) is 8.19. The molecule has 1 aromatic heterocycles. The van der Waals surface area contributed by atoms with Gasteiger partial charge in [0.2, 0.25) is 0 Å². The van der Waals surface area contributed by atoms with E-state index >= 15 is 0 Å². The maximum absolute atomic E-state index is 14.8. The van der Waals surface area contributed by atoms with Crippen molar-refractivity contribution in [1.82, 2.24) is 14.7 Å². The van der Waals surface area contributed by atoms with Gasteiger partial charge in [0.1, 0.15) is 5.75 Å². The number of hydrogen-bond donors (Lipinski definition) is 0. The fourth-order valence-corrected chi connectivity index (χ4v) is 3.37. The van der Waals surface area contributed by atoms with Gasteiger partial charge in [-0.3, -0.25) is 9.58 Å². The van der Waals surface area contributed by atoms with Gasteiger partial charge in [0.15, 0.2) is 0 Å². The van der Waals surface area contributed by atoms with Gasteiger partial charge in [-0.25, -0.2) is 8.78 Å². The van der Waals surface area contributed by atoms with E-state index in [2.05, 4.69) is 5.10 Å². The third kappa shape index (κ3) is 3.75. The Bertz CT molecular complexity index is 669. The average molecular weight is 335 g/mol. The zero-order valence-electron chi connectivity index (χ0n) is 14.1. The van der Waals surface area contributed by atoms with Crippen LogP contribution in [0.4, 0.5) is 8.78 Å². The summed E-state index contributed by atoms with van der Waals surface area (Å²) in [4.78, 5) is 1.85. The number of methoxy groups -OCH3 is 1. The van der Waals surface area contributed by atoms with E-state index in [0.717, 1.165) is 17.7 Å². The van der Waals surface area contributed by atoms with E-state index in [1.807, 2.05) is 29.2 Å². The quantitative estimate of drug-likeness (QED) is 0.857. The van der Waals surface area contributed by atoms with Gasteiger partial charge < -0.3 is 4.74 Å². The van der Waals surface area contributed by atoms with Crippen molar-refractivity contribution in [2.45, 2.75) is 31.2 Å². The number of aryl methyl sites for hydroxylation is 1. The van der Waals surface area contributed by atoms with Gasteiger partial charge in [-0.15, -0.1) is 0 Å². The molecule has 2 heterocycles. The summed E-state index contributed by atoms with van der Waals surface area (Å²) in [6, 6.07) is 7.59. The Labute approximate surface area is 141 Å². The van der Waals surface area contributed by atoms with Crippen molar-refractivity contribution in [2.75, 3.05) is 20.2 Å².